The molecule has 0 amide bonds. The van der Waals surface area contributed by atoms with Crippen LogP contribution in [0.5, 0.6) is 0 Å². The number of halogens is 1. The number of carbonyl (C=O) groups is 1. The van der Waals surface area contributed by atoms with Crippen molar-refractivity contribution in [1.29, 1.82) is 0 Å². The fraction of sp³-hybridized carbons (Fsp3) is 0.667. The van der Waals surface area contributed by atoms with Crippen LogP contribution < -0.4 is 5.32 Å². The predicted octanol–water partition coefficient (Wildman–Crippen LogP) is 4.56. The molecule has 144 valence electrons. The third-order valence-electron chi connectivity index (χ3n) is 5.52. The normalized spacial score (nSPS) is 29.1. The van der Waals surface area contributed by atoms with E-state index in [1.54, 1.807) is 0 Å². The molecule has 0 bridgehead atoms. The van der Waals surface area contributed by atoms with Crippen LogP contribution in [0.3, 0.4) is 0 Å². The summed E-state index contributed by atoms with van der Waals surface area (Å²) in [5, 5.41) is 3.56. The van der Waals surface area contributed by atoms with Gasteiger partial charge in [-0.25, -0.2) is 4.79 Å². The Balaban J connectivity index is 1.80. The van der Waals surface area contributed by atoms with E-state index in [1.165, 1.54) is 12.8 Å². The summed E-state index contributed by atoms with van der Waals surface area (Å²) in [6.07, 6.45) is 5.45. The lowest BCUT2D eigenvalue weighted by Crippen LogP contribution is -2.40. The van der Waals surface area contributed by atoms with Crippen molar-refractivity contribution in [2.24, 2.45) is 5.41 Å². The fourth-order valence-corrected chi connectivity index (χ4v) is 4.84. The SMILES string of the molecule is CC(C)(C)OC(=O)COC1(c2cccc(Br)c2)CCC2(CCCNC2)C1. The first-order valence-electron chi connectivity index (χ1n) is 9.55. The van der Waals surface area contributed by atoms with Crippen molar-refractivity contribution in [3.8, 4) is 0 Å². The van der Waals surface area contributed by atoms with E-state index in [-0.39, 0.29) is 18.0 Å². The Bertz CT molecular complexity index is 649. The largest absolute Gasteiger partial charge is 0.458 e. The molecular weight excluding hydrogens is 394 g/mol. The number of carbonyl (C=O) groups excluding carboxylic acids is 1. The highest BCUT2D eigenvalue weighted by molar-refractivity contribution is 9.10. The van der Waals surface area contributed by atoms with Crippen molar-refractivity contribution in [3.63, 3.8) is 0 Å². The number of hydrogen-bond acceptors (Lipinski definition) is 4. The van der Waals surface area contributed by atoms with Crippen molar-refractivity contribution in [3.05, 3.63) is 34.3 Å². The van der Waals surface area contributed by atoms with Gasteiger partial charge in [0.1, 0.15) is 12.2 Å². The molecule has 2 aliphatic rings. The lowest BCUT2D eigenvalue weighted by Gasteiger charge is -2.37. The van der Waals surface area contributed by atoms with E-state index in [9.17, 15) is 4.79 Å². The van der Waals surface area contributed by atoms with E-state index in [1.807, 2.05) is 32.9 Å². The molecule has 2 atom stereocenters. The Morgan fingerprint density at radius 3 is 2.73 bits per heavy atom. The van der Waals surface area contributed by atoms with Crippen LogP contribution in [0, 0.1) is 5.41 Å². The Morgan fingerprint density at radius 2 is 2.08 bits per heavy atom. The summed E-state index contributed by atoms with van der Waals surface area (Å²) in [5.41, 5.74) is 0.514. The number of piperidine rings is 1. The summed E-state index contributed by atoms with van der Waals surface area (Å²) in [6, 6.07) is 8.32. The Hall–Kier alpha value is -0.910. The lowest BCUT2D eigenvalue weighted by molar-refractivity contribution is -0.168. The van der Waals surface area contributed by atoms with Crippen LogP contribution >= 0.6 is 15.9 Å². The maximum atomic E-state index is 12.3. The van der Waals surface area contributed by atoms with Crippen molar-refractivity contribution in [2.45, 2.75) is 64.1 Å². The molecular formula is C21H30BrNO3. The molecule has 26 heavy (non-hydrogen) atoms. The van der Waals surface area contributed by atoms with Gasteiger partial charge in [-0.3, -0.25) is 0 Å². The molecule has 1 spiro atoms. The van der Waals surface area contributed by atoms with Crippen LogP contribution in [0.4, 0.5) is 0 Å². The van der Waals surface area contributed by atoms with Gasteiger partial charge in [-0.15, -0.1) is 0 Å². The quantitative estimate of drug-likeness (QED) is 0.721. The molecule has 1 heterocycles. The molecule has 0 radical (unpaired) electrons. The molecule has 1 aromatic carbocycles. The van der Waals surface area contributed by atoms with Gasteiger partial charge in [0, 0.05) is 11.0 Å². The second-order valence-corrected chi connectivity index (χ2v) is 9.75. The summed E-state index contributed by atoms with van der Waals surface area (Å²) < 4.78 is 12.8. The summed E-state index contributed by atoms with van der Waals surface area (Å²) in [6.45, 7) is 7.78. The Kier molecular flexibility index (Phi) is 5.80. The topological polar surface area (TPSA) is 47.6 Å². The first-order valence-corrected chi connectivity index (χ1v) is 10.3. The first-order chi connectivity index (χ1) is 12.2. The molecule has 2 fully saturated rings. The van der Waals surface area contributed by atoms with E-state index in [0.29, 0.717) is 0 Å². The fourth-order valence-electron chi connectivity index (χ4n) is 4.44. The van der Waals surface area contributed by atoms with Gasteiger partial charge in [0.2, 0.25) is 0 Å². The number of esters is 1. The van der Waals surface area contributed by atoms with E-state index in [0.717, 1.165) is 42.4 Å². The minimum atomic E-state index is -0.492. The zero-order valence-corrected chi connectivity index (χ0v) is 17.7. The van der Waals surface area contributed by atoms with Crippen molar-refractivity contribution in [2.75, 3.05) is 19.7 Å². The number of ether oxygens (including phenoxy) is 2. The molecule has 1 saturated carbocycles. The van der Waals surface area contributed by atoms with Crippen LogP contribution in [-0.4, -0.2) is 31.3 Å². The van der Waals surface area contributed by atoms with E-state index < -0.39 is 11.2 Å². The molecule has 2 unspecified atom stereocenters. The molecule has 4 nitrogen and oxygen atoms in total. The molecule has 1 N–H and O–H groups in total. The Morgan fingerprint density at radius 1 is 1.27 bits per heavy atom. The van der Waals surface area contributed by atoms with Crippen LogP contribution in [0.1, 0.15) is 58.4 Å². The van der Waals surface area contributed by atoms with Crippen LogP contribution in [0.25, 0.3) is 0 Å². The zero-order chi connectivity index (χ0) is 18.8. The zero-order valence-electron chi connectivity index (χ0n) is 16.1. The van der Waals surface area contributed by atoms with E-state index in [2.05, 4.69) is 33.4 Å². The summed E-state index contributed by atoms with van der Waals surface area (Å²) >= 11 is 3.58. The number of nitrogens with one attached hydrogen (secondary N) is 1. The number of rotatable bonds is 4. The molecule has 1 aliphatic carbocycles. The number of hydrogen-bond donors (Lipinski definition) is 1. The standard InChI is InChI=1S/C21H30BrNO3/c1-19(2,3)26-18(24)13-25-21(16-6-4-7-17(22)12-16)10-9-20(14-21)8-5-11-23-15-20/h4,6-7,12,23H,5,8-11,13-15H2,1-3H3. The maximum Gasteiger partial charge on any atom is 0.332 e. The monoisotopic (exact) mass is 423 g/mol. The molecule has 0 aromatic heterocycles. The molecule has 1 saturated heterocycles. The van der Waals surface area contributed by atoms with Gasteiger partial charge in [0.05, 0.1) is 5.60 Å². The lowest BCUT2D eigenvalue weighted by atomic mass is 9.77. The van der Waals surface area contributed by atoms with Gasteiger partial charge in [-0.05, 0) is 82.5 Å². The van der Waals surface area contributed by atoms with Gasteiger partial charge in [-0.2, -0.15) is 0 Å². The summed E-state index contributed by atoms with van der Waals surface area (Å²) in [4.78, 5) is 12.3. The average Bonchev–Trinajstić information content (AvgIpc) is 2.92. The van der Waals surface area contributed by atoms with Crippen LogP contribution in [-0.2, 0) is 19.9 Å². The highest BCUT2D eigenvalue weighted by Gasteiger charge is 2.50. The average molecular weight is 424 g/mol. The third kappa shape index (κ3) is 4.68. The first kappa shape index (κ1) is 19.8. The smallest absolute Gasteiger partial charge is 0.332 e. The summed E-state index contributed by atoms with van der Waals surface area (Å²) in [7, 11) is 0. The van der Waals surface area contributed by atoms with Gasteiger partial charge in [0.15, 0.2) is 0 Å². The van der Waals surface area contributed by atoms with Crippen LogP contribution in [0.15, 0.2) is 28.7 Å². The highest BCUT2D eigenvalue weighted by atomic mass is 79.9. The van der Waals surface area contributed by atoms with Crippen molar-refractivity contribution in [1.82, 2.24) is 5.32 Å². The highest BCUT2D eigenvalue weighted by Crippen LogP contribution is 2.54. The maximum absolute atomic E-state index is 12.3. The minimum Gasteiger partial charge on any atom is -0.458 e. The second kappa shape index (κ2) is 7.61. The predicted molar refractivity (Wildman–Crippen MR) is 106 cm³/mol. The van der Waals surface area contributed by atoms with Crippen molar-refractivity contribution >= 4 is 21.9 Å². The molecule has 3 rings (SSSR count). The van der Waals surface area contributed by atoms with Crippen molar-refractivity contribution < 1.29 is 14.3 Å². The second-order valence-electron chi connectivity index (χ2n) is 8.84. The molecule has 5 heteroatoms. The summed E-state index contributed by atoms with van der Waals surface area (Å²) in [5.74, 6) is -0.297. The molecule has 1 aliphatic heterocycles. The minimum absolute atomic E-state index is 0.00665. The van der Waals surface area contributed by atoms with E-state index >= 15 is 0 Å². The molecule has 1 aromatic rings. The number of benzene rings is 1. The van der Waals surface area contributed by atoms with Gasteiger partial charge >= 0.3 is 5.97 Å². The van der Waals surface area contributed by atoms with Gasteiger partial charge < -0.3 is 14.8 Å². The van der Waals surface area contributed by atoms with Crippen LogP contribution in [0.2, 0.25) is 0 Å². The van der Waals surface area contributed by atoms with Gasteiger partial charge in [-0.1, -0.05) is 28.1 Å². The van der Waals surface area contributed by atoms with E-state index in [4.69, 9.17) is 9.47 Å². The third-order valence-corrected chi connectivity index (χ3v) is 6.01. The Labute approximate surface area is 165 Å². The van der Waals surface area contributed by atoms with Gasteiger partial charge in [0.25, 0.3) is 0 Å².